The number of nitrogens with one attached hydrogen (secondary N) is 2. The number of aliphatic hydroxyl groups is 2. The molecule has 42 heavy (non-hydrogen) atoms. The van der Waals surface area contributed by atoms with Crippen LogP contribution in [0.25, 0.3) is 0 Å². The molecule has 4 aliphatic heterocycles. The molecule has 1 aromatic rings. The van der Waals surface area contributed by atoms with E-state index >= 15 is 0 Å². The Kier molecular flexibility index (Phi) is 8.35. The van der Waals surface area contributed by atoms with Crippen LogP contribution in [-0.4, -0.2) is 137 Å². The number of hydrogen-bond acceptors (Lipinski definition) is 9. The van der Waals surface area contributed by atoms with Crippen molar-refractivity contribution in [1.82, 2.24) is 25.3 Å². The van der Waals surface area contributed by atoms with Gasteiger partial charge in [0.15, 0.2) is 6.61 Å². The number of likely N-dealkylation sites (tertiary alicyclic amines) is 1. The number of para-hydroxylation sites is 1. The molecular formula is C29H39N5O8. The van der Waals surface area contributed by atoms with E-state index in [1.54, 1.807) is 29.2 Å². The van der Waals surface area contributed by atoms with Crippen LogP contribution in [0.4, 0.5) is 0 Å². The number of carbonyl (C=O) groups excluding carboxylic acids is 4. The summed E-state index contributed by atoms with van der Waals surface area (Å²) < 4.78 is 11.5. The molecule has 1 aromatic carbocycles. The normalized spacial score (nSPS) is 34.2. The fourth-order valence-electron chi connectivity index (χ4n) is 6.51. The van der Waals surface area contributed by atoms with Gasteiger partial charge in [-0.1, -0.05) is 18.2 Å². The summed E-state index contributed by atoms with van der Waals surface area (Å²) in [5, 5.41) is 26.9. The number of amides is 4. The molecule has 1 aliphatic carbocycles. The quantitative estimate of drug-likeness (QED) is 0.309. The SMILES string of the molecule is O=C1C[C@@H]2O[C@H](CNC(=O)[C@@H]3CN(CCN3C(=O)COc3ccccc3)C(=O)[C@@H]3C[C@@H](CN3CC3CC3)N1)[C@@H](O)[C@H]2O. The Morgan fingerprint density at radius 3 is 2.52 bits per heavy atom. The maximum Gasteiger partial charge on any atom is 0.261 e. The molecule has 5 aliphatic rings. The molecule has 0 spiro atoms. The highest BCUT2D eigenvalue weighted by atomic mass is 16.5. The summed E-state index contributed by atoms with van der Waals surface area (Å²) in [6.45, 7) is 1.31. The molecule has 4 N–H and O–H groups in total. The van der Waals surface area contributed by atoms with Gasteiger partial charge in [-0.25, -0.2) is 0 Å². The standard InChI is InChI=1S/C29H39N5O8/c35-24-11-22-26(37)27(38)23(42-22)12-30-28(39)21-15-32(8-9-34(21)25(36)16-41-19-4-2-1-3-5-19)29(40)20-10-18(31-24)14-33(20)13-17-6-7-17/h1-5,17-18,20-23,26-27,37-38H,6-16H2,(H,30,39)(H,31,35)/t18-,20-,21-,22-,23+,26-,27+/m0/s1. The molecule has 4 saturated heterocycles. The Morgan fingerprint density at radius 1 is 1.00 bits per heavy atom. The van der Waals surface area contributed by atoms with Gasteiger partial charge < -0.3 is 40.1 Å². The Labute approximate surface area is 244 Å². The third-order valence-corrected chi connectivity index (χ3v) is 8.99. The number of hydrogen-bond donors (Lipinski definition) is 4. The summed E-state index contributed by atoms with van der Waals surface area (Å²) in [6, 6.07) is 7.23. The minimum atomic E-state index is -1.30. The zero-order chi connectivity index (χ0) is 29.4. The van der Waals surface area contributed by atoms with E-state index in [1.807, 2.05) is 6.07 Å². The Bertz CT molecular complexity index is 1180. The molecule has 13 heteroatoms. The van der Waals surface area contributed by atoms with E-state index in [0.717, 1.165) is 19.4 Å². The highest BCUT2D eigenvalue weighted by Crippen LogP contribution is 2.33. The lowest BCUT2D eigenvalue weighted by atomic mass is 10.0. The van der Waals surface area contributed by atoms with Gasteiger partial charge in [-0.3, -0.25) is 24.1 Å². The zero-order valence-electron chi connectivity index (χ0n) is 23.5. The molecule has 7 atom stereocenters. The minimum Gasteiger partial charge on any atom is -0.484 e. The van der Waals surface area contributed by atoms with E-state index in [9.17, 15) is 29.4 Å². The van der Waals surface area contributed by atoms with E-state index in [0.29, 0.717) is 24.6 Å². The first-order valence-corrected chi connectivity index (χ1v) is 14.9. The molecular weight excluding hydrogens is 546 g/mol. The smallest absolute Gasteiger partial charge is 0.261 e. The summed E-state index contributed by atoms with van der Waals surface area (Å²) in [6.07, 6.45) is -1.97. The van der Waals surface area contributed by atoms with Crippen LogP contribution in [-0.2, 0) is 23.9 Å². The summed E-state index contributed by atoms with van der Waals surface area (Å²) in [5.41, 5.74) is 0. The van der Waals surface area contributed by atoms with Crippen LogP contribution in [0.15, 0.2) is 30.3 Å². The van der Waals surface area contributed by atoms with Crippen molar-refractivity contribution in [2.45, 2.75) is 68.2 Å². The first kappa shape index (κ1) is 28.8. The second-order valence-electron chi connectivity index (χ2n) is 12.0. The van der Waals surface area contributed by atoms with E-state index in [1.165, 1.54) is 4.90 Å². The number of carbonyl (C=O) groups is 4. The van der Waals surface area contributed by atoms with Gasteiger partial charge in [-0.2, -0.15) is 0 Å². The molecule has 0 radical (unpaired) electrons. The van der Waals surface area contributed by atoms with Gasteiger partial charge in [-0.05, 0) is 37.3 Å². The van der Waals surface area contributed by atoms with Crippen LogP contribution in [0.3, 0.4) is 0 Å². The number of piperazine rings is 1. The monoisotopic (exact) mass is 585 g/mol. The first-order valence-electron chi connectivity index (χ1n) is 14.9. The van der Waals surface area contributed by atoms with Crippen molar-refractivity contribution < 1.29 is 38.9 Å². The number of fused-ring (bicyclic) bond motifs is 6. The molecule has 5 fully saturated rings. The highest BCUT2D eigenvalue weighted by Gasteiger charge is 2.47. The summed E-state index contributed by atoms with van der Waals surface area (Å²) in [5.74, 6) is -0.259. The molecule has 4 amide bonds. The minimum absolute atomic E-state index is 0.00582. The molecule has 4 heterocycles. The number of ether oxygens (including phenoxy) is 2. The van der Waals surface area contributed by atoms with Crippen LogP contribution >= 0.6 is 0 Å². The van der Waals surface area contributed by atoms with Crippen LogP contribution in [0.2, 0.25) is 0 Å². The molecule has 228 valence electrons. The number of rotatable bonds is 5. The summed E-state index contributed by atoms with van der Waals surface area (Å²) in [7, 11) is 0. The van der Waals surface area contributed by atoms with Crippen molar-refractivity contribution in [2.24, 2.45) is 5.92 Å². The van der Waals surface area contributed by atoms with Gasteiger partial charge in [0.1, 0.15) is 30.1 Å². The average Bonchev–Trinajstić information content (AvgIpc) is 3.67. The molecule has 1 saturated carbocycles. The van der Waals surface area contributed by atoms with Gasteiger partial charge in [0, 0.05) is 38.8 Å². The maximum atomic E-state index is 13.9. The third-order valence-electron chi connectivity index (χ3n) is 8.99. The average molecular weight is 586 g/mol. The third kappa shape index (κ3) is 6.24. The van der Waals surface area contributed by atoms with Crippen molar-refractivity contribution in [1.29, 1.82) is 0 Å². The molecule has 6 rings (SSSR count). The van der Waals surface area contributed by atoms with E-state index in [4.69, 9.17) is 9.47 Å². The molecule has 13 nitrogen and oxygen atoms in total. The van der Waals surface area contributed by atoms with Crippen molar-refractivity contribution in [3.8, 4) is 5.75 Å². The Balaban J connectivity index is 1.23. The van der Waals surface area contributed by atoms with Crippen LogP contribution < -0.4 is 15.4 Å². The van der Waals surface area contributed by atoms with Gasteiger partial charge in [0.2, 0.25) is 17.7 Å². The fourth-order valence-corrected chi connectivity index (χ4v) is 6.51. The Morgan fingerprint density at radius 2 is 1.76 bits per heavy atom. The van der Waals surface area contributed by atoms with Gasteiger partial charge in [0.05, 0.1) is 25.1 Å². The maximum absolute atomic E-state index is 13.9. The highest BCUT2D eigenvalue weighted by molar-refractivity contribution is 5.90. The van der Waals surface area contributed by atoms with Crippen LogP contribution in [0, 0.1) is 5.92 Å². The van der Waals surface area contributed by atoms with Crippen molar-refractivity contribution in [3.63, 3.8) is 0 Å². The summed E-state index contributed by atoms with van der Waals surface area (Å²) >= 11 is 0. The fraction of sp³-hybridized carbons (Fsp3) is 0.655. The topological polar surface area (TPSA) is 161 Å². The van der Waals surface area contributed by atoms with Crippen molar-refractivity contribution in [2.75, 3.05) is 45.9 Å². The van der Waals surface area contributed by atoms with E-state index < -0.39 is 42.4 Å². The molecule has 0 aromatic heterocycles. The number of aliphatic hydroxyl groups excluding tert-OH is 2. The first-order chi connectivity index (χ1) is 20.3. The van der Waals surface area contributed by atoms with Gasteiger partial charge in [0.25, 0.3) is 5.91 Å². The number of benzene rings is 1. The predicted molar refractivity (Wildman–Crippen MR) is 147 cm³/mol. The summed E-state index contributed by atoms with van der Waals surface area (Å²) in [4.78, 5) is 58.9. The van der Waals surface area contributed by atoms with Crippen molar-refractivity contribution in [3.05, 3.63) is 30.3 Å². The van der Waals surface area contributed by atoms with Crippen LogP contribution in [0.5, 0.6) is 5.75 Å². The lowest BCUT2D eigenvalue weighted by Gasteiger charge is -2.42. The van der Waals surface area contributed by atoms with Gasteiger partial charge >= 0.3 is 0 Å². The second-order valence-corrected chi connectivity index (χ2v) is 12.0. The Hall–Kier alpha value is -3.26. The van der Waals surface area contributed by atoms with E-state index in [-0.39, 0.29) is 63.0 Å². The second kappa shape index (κ2) is 12.2. The van der Waals surface area contributed by atoms with Crippen LogP contribution in [0.1, 0.15) is 25.7 Å². The molecule has 0 unspecified atom stereocenters. The lowest BCUT2D eigenvalue weighted by Crippen LogP contribution is -2.64. The van der Waals surface area contributed by atoms with Crippen molar-refractivity contribution >= 4 is 23.6 Å². The predicted octanol–water partition coefficient (Wildman–Crippen LogP) is -1.92. The zero-order valence-corrected chi connectivity index (χ0v) is 23.5. The largest absolute Gasteiger partial charge is 0.484 e. The number of nitrogens with zero attached hydrogens (tertiary/aromatic N) is 3. The molecule has 6 bridgehead atoms. The van der Waals surface area contributed by atoms with Gasteiger partial charge in [-0.15, -0.1) is 0 Å². The lowest BCUT2D eigenvalue weighted by molar-refractivity contribution is -0.151. The van der Waals surface area contributed by atoms with E-state index in [2.05, 4.69) is 15.5 Å².